The van der Waals surface area contributed by atoms with Crippen LogP contribution in [0.15, 0.2) is 28.9 Å². The highest BCUT2D eigenvalue weighted by Crippen LogP contribution is 2.22. The summed E-state index contributed by atoms with van der Waals surface area (Å²) in [5.41, 5.74) is 1.22. The summed E-state index contributed by atoms with van der Waals surface area (Å²) < 4.78 is 23.1. The van der Waals surface area contributed by atoms with E-state index in [1.54, 1.807) is 13.0 Å². The van der Waals surface area contributed by atoms with Crippen LogP contribution >= 0.6 is 0 Å². The molecule has 0 bridgehead atoms. The number of fused-ring (bicyclic) bond motifs is 1. The Balaban J connectivity index is 0.000000771. The smallest absolute Gasteiger partial charge is 0.310 e. The third-order valence-electron chi connectivity index (χ3n) is 2.26. The molecule has 3 nitrogen and oxygen atoms in total. The Morgan fingerprint density at radius 1 is 1.39 bits per heavy atom. The first kappa shape index (κ1) is 14.2. The van der Waals surface area contributed by atoms with Gasteiger partial charge in [-0.2, -0.15) is 0 Å². The molecule has 1 aromatic carbocycles. The van der Waals surface area contributed by atoms with Crippen molar-refractivity contribution in [2.75, 3.05) is 6.61 Å². The van der Waals surface area contributed by atoms with Crippen LogP contribution in [0.1, 0.15) is 26.3 Å². The summed E-state index contributed by atoms with van der Waals surface area (Å²) in [6.45, 7) is 6.08. The quantitative estimate of drug-likeness (QED) is 0.782. The van der Waals surface area contributed by atoms with Gasteiger partial charge in [-0.25, -0.2) is 4.39 Å². The lowest BCUT2D eigenvalue weighted by molar-refractivity contribution is -0.142. The fourth-order valence-electron chi connectivity index (χ4n) is 1.56. The number of ether oxygens (including phenoxy) is 1. The average Bonchev–Trinajstić information content (AvgIpc) is 2.75. The van der Waals surface area contributed by atoms with E-state index in [-0.39, 0.29) is 18.2 Å². The molecular formula is C14H17FO3. The predicted octanol–water partition coefficient (Wildman–Crippen LogP) is 3.70. The fraction of sp³-hybridized carbons (Fsp3) is 0.357. The molecule has 1 aromatic heterocycles. The van der Waals surface area contributed by atoms with Crippen molar-refractivity contribution in [3.8, 4) is 0 Å². The maximum Gasteiger partial charge on any atom is 0.310 e. The topological polar surface area (TPSA) is 39.4 Å². The highest BCUT2D eigenvalue weighted by molar-refractivity contribution is 5.85. The molecule has 0 spiro atoms. The first-order valence-electron chi connectivity index (χ1n) is 6.02. The molecule has 0 unspecified atom stereocenters. The van der Waals surface area contributed by atoms with Gasteiger partial charge >= 0.3 is 5.97 Å². The van der Waals surface area contributed by atoms with E-state index in [9.17, 15) is 9.18 Å². The summed E-state index contributed by atoms with van der Waals surface area (Å²) in [6.07, 6.45) is 1.56. The molecule has 0 aliphatic heterocycles. The lowest BCUT2D eigenvalue weighted by Gasteiger charge is -1.99. The van der Waals surface area contributed by atoms with E-state index in [0.717, 1.165) is 0 Å². The molecule has 18 heavy (non-hydrogen) atoms. The van der Waals surface area contributed by atoms with Gasteiger partial charge in [0, 0.05) is 10.9 Å². The van der Waals surface area contributed by atoms with Gasteiger partial charge in [0.15, 0.2) is 0 Å². The Labute approximate surface area is 106 Å². The van der Waals surface area contributed by atoms with Crippen molar-refractivity contribution in [1.82, 2.24) is 0 Å². The molecule has 0 fully saturated rings. The van der Waals surface area contributed by atoms with Gasteiger partial charge in [0.2, 0.25) is 0 Å². The number of carbonyl (C=O) groups excluding carboxylic acids is 1. The van der Waals surface area contributed by atoms with E-state index in [2.05, 4.69) is 0 Å². The molecule has 1 heterocycles. The summed E-state index contributed by atoms with van der Waals surface area (Å²) >= 11 is 0. The van der Waals surface area contributed by atoms with E-state index in [4.69, 9.17) is 9.15 Å². The minimum Gasteiger partial charge on any atom is -0.466 e. The lowest BCUT2D eigenvalue weighted by atomic mass is 10.1. The average molecular weight is 252 g/mol. The van der Waals surface area contributed by atoms with Crippen molar-refractivity contribution in [3.05, 3.63) is 35.8 Å². The molecular weight excluding hydrogens is 235 g/mol. The summed E-state index contributed by atoms with van der Waals surface area (Å²) in [7, 11) is 0. The largest absolute Gasteiger partial charge is 0.466 e. The third-order valence-corrected chi connectivity index (χ3v) is 2.26. The Morgan fingerprint density at radius 3 is 2.78 bits per heavy atom. The molecule has 2 aromatic rings. The van der Waals surface area contributed by atoms with Crippen molar-refractivity contribution in [2.24, 2.45) is 0 Å². The van der Waals surface area contributed by atoms with Crippen molar-refractivity contribution < 1.29 is 18.3 Å². The molecule has 0 N–H and O–H groups in total. The zero-order valence-corrected chi connectivity index (χ0v) is 10.8. The van der Waals surface area contributed by atoms with Crippen molar-refractivity contribution >= 4 is 16.9 Å². The van der Waals surface area contributed by atoms with E-state index in [0.29, 0.717) is 23.1 Å². The summed E-state index contributed by atoms with van der Waals surface area (Å²) in [6, 6.07) is 4.21. The van der Waals surface area contributed by atoms with Crippen LogP contribution in [0.4, 0.5) is 4.39 Å². The Bertz CT molecular complexity index is 517. The van der Waals surface area contributed by atoms with Gasteiger partial charge in [-0.3, -0.25) is 4.79 Å². The number of benzene rings is 1. The van der Waals surface area contributed by atoms with Crippen LogP contribution < -0.4 is 0 Å². The molecule has 98 valence electrons. The Morgan fingerprint density at radius 2 is 2.11 bits per heavy atom. The standard InChI is InChI=1S/C12H11FO3.C2H6/c1-2-15-12(14)5-8-7-16-11-4-3-9(13)6-10(8)11;1-2/h3-4,6-7H,2,5H2,1H3;1-2H3. The normalized spacial score (nSPS) is 9.78. The molecule has 0 aliphatic carbocycles. The van der Waals surface area contributed by atoms with Gasteiger partial charge in [-0.1, -0.05) is 13.8 Å². The van der Waals surface area contributed by atoms with Crippen LogP contribution in [-0.4, -0.2) is 12.6 Å². The highest BCUT2D eigenvalue weighted by Gasteiger charge is 2.11. The first-order valence-corrected chi connectivity index (χ1v) is 6.02. The van der Waals surface area contributed by atoms with Crippen molar-refractivity contribution in [1.29, 1.82) is 0 Å². The Kier molecular flexibility index (Phi) is 5.36. The van der Waals surface area contributed by atoms with E-state index < -0.39 is 0 Å². The number of hydrogen-bond acceptors (Lipinski definition) is 3. The molecule has 0 saturated heterocycles. The zero-order valence-electron chi connectivity index (χ0n) is 10.8. The number of halogens is 1. The second-order valence-electron chi connectivity index (χ2n) is 3.38. The van der Waals surface area contributed by atoms with Gasteiger partial charge in [0.25, 0.3) is 0 Å². The van der Waals surface area contributed by atoms with Crippen molar-refractivity contribution in [3.63, 3.8) is 0 Å². The van der Waals surface area contributed by atoms with Crippen LogP contribution in [0, 0.1) is 5.82 Å². The molecule has 0 saturated carbocycles. The molecule has 0 radical (unpaired) electrons. The van der Waals surface area contributed by atoms with Gasteiger partial charge in [0.1, 0.15) is 11.4 Å². The van der Waals surface area contributed by atoms with Crippen LogP contribution in [-0.2, 0) is 16.0 Å². The second-order valence-corrected chi connectivity index (χ2v) is 3.38. The molecule has 0 amide bonds. The SMILES string of the molecule is CC.CCOC(=O)Cc1coc2ccc(F)cc12. The van der Waals surface area contributed by atoms with Crippen LogP contribution in [0.2, 0.25) is 0 Å². The molecule has 0 atom stereocenters. The van der Waals surface area contributed by atoms with E-state index >= 15 is 0 Å². The minimum atomic E-state index is -0.348. The lowest BCUT2D eigenvalue weighted by Crippen LogP contribution is -2.06. The predicted molar refractivity (Wildman–Crippen MR) is 67.9 cm³/mol. The number of furan rings is 1. The van der Waals surface area contributed by atoms with Crippen LogP contribution in [0.5, 0.6) is 0 Å². The summed E-state index contributed by atoms with van der Waals surface area (Å²) in [4.78, 5) is 11.3. The monoisotopic (exact) mass is 252 g/mol. The third kappa shape index (κ3) is 3.32. The van der Waals surface area contributed by atoms with E-state index in [1.807, 2.05) is 13.8 Å². The maximum absolute atomic E-state index is 13.0. The zero-order chi connectivity index (χ0) is 13.5. The van der Waals surface area contributed by atoms with E-state index in [1.165, 1.54) is 18.4 Å². The molecule has 2 rings (SSSR count). The maximum atomic E-state index is 13.0. The minimum absolute atomic E-state index is 0.101. The van der Waals surface area contributed by atoms with Gasteiger partial charge in [-0.05, 0) is 25.1 Å². The number of esters is 1. The fourth-order valence-corrected chi connectivity index (χ4v) is 1.56. The number of hydrogen-bond donors (Lipinski definition) is 0. The van der Waals surface area contributed by atoms with Crippen LogP contribution in [0.3, 0.4) is 0 Å². The number of rotatable bonds is 3. The van der Waals surface area contributed by atoms with Gasteiger partial charge in [-0.15, -0.1) is 0 Å². The highest BCUT2D eigenvalue weighted by atomic mass is 19.1. The number of carbonyl (C=O) groups is 1. The van der Waals surface area contributed by atoms with Gasteiger partial charge < -0.3 is 9.15 Å². The van der Waals surface area contributed by atoms with Crippen molar-refractivity contribution in [2.45, 2.75) is 27.2 Å². The molecule has 0 aliphatic rings. The van der Waals surface area contributed by atoms with Crippen LogP contribution in [0.25, 0.3) is 11.0 Å². The van der Waals surface area contributed by atoms with Gasteiger partial charge in [0.05, 0.1) is 19.3 Å². The Hall–Kier alpha value is -1.84. The molecule has 4 heteroatoms. The first-order chi connectivity index (χ1) is 8.70. The summed E-state index contributed by atoms with van der Waals surface area (Å²) in [5, 5.41) is 0.619. The second kappa shape index (κ2) is 6.79. The summed E-state index contributed by atoms with van der Waals surface area (Å²) in [5.74, 6) is -0.687.